The van der Waals surface area contributed by atoms with Gasteiger partial charge in [-0.05, 0) is 76.9 Å². The summed E-state index contributed by atoms with van der Waals surface area (Å²) < 4.78 is 12.9. The maximum absolute atomic E-state index is 13.8. The van der Waals surface area contributed by atoms with Crippen LogP contribution < -0.4 is 4.90 Å². The van der Waals surface area contributed by atoms with Crippen molar-refractivity contribution in [1.29, 1.82) is 0 Å². The fraction of sp³-hybridized carbons (Fsp3) is 0.759. The second-order valence-corrected chi connectivity index (χ2v) is 18.5. The number of carbonyl (C=O) groups excluding carboxylic acids is 1. The average Bonchev–Trinajstić information content (AvgIpc) is 2.71. The highest BCUT2D eigenvalue weighted by atomic mass is 28.4. The van der Waals surface area contributed by atoms with Crippen LogP contribution in [-0.4, -0.2) is 60.1 Å². The standard InChI is InChI=1S/C29H50N4O3Si/c1-20(2)17-24-25(36-37(10,11)29(6,7)8)16-15-23(33(24)27(34)35-28(3,4)5)22-18-30-19-26(31-22)32(9)21-13-12-14-21/h15,18-21,24-25H,12-14,16-17H2,1-11H3/t24-,25+/m1/s1. The molecule has 0 aromatic carbocycles. The monoisotopic (exact) mass is 530 g/mol. The lowest BCUT2D eigenvalue weighted by Crippen LogP contribution is -2.55. The van der Waals surface area contributed by atoms with Gasteiger partial charge in [0.2, 0.25) is 0 Å². The summed E-state index contributed by atoms with van der Waals surface area (Å²) in [6.07, 6.45) is 10.4. The molecule has 1 aliphatic heterocycles. The second kappa shape index (κ2) is 11.0. The van der Waals surface area contributed by atoms with E-state index in [0.29, 0.717) is 17.7 Å². The first-order chi connectivity index (χ1) is 17.0. The van der Waals surface area contributed by atoms with E-state index in [4.69, 9.17) is 14.1 Å². The number of ether oxygens (including phenoxy) is 1. The summed E-state index contributed by atoms with van der Waals surface area (Å²) in [7, 11) is 0.0118. The SMILES string of the molecule is CC(C)C[C@@H]1[C@@H](O[Si](C)(C)C(C)(C)C)CC=C(c2cncc(N(C)C3CCC3)n2)N1C(=O)OC(C)(C)C. The molecule has 2 atom stereocenters. The van der Waals surface area contributed by atoms with Crippen molar-refractivity contribution in [2.24, 2.45) is 5.92 Å². The van der Waals surface area contributed by atoms with E-state index in [-0.39, 0.29) is 23.3 Å². The molecule has 0 saturated heterocycles. The molecule has 1 saturated carbocycles. The number of rotatable bonds is 7. The number of hydrogen-bond acceptors (Lipinski definition) is 6. The Kier molecular flexibility index (Phi) is 8.84. The quantitative estimate of drug-likeness (QED) is 0.346. The third kappa shape index (κ3) is 7.14. The predicted octanol–water partition coefficient (Wildman–Crippen LogP) is 7.25. The van der Waals surface area contributed by atoms with Gasteiger partial charge in [-0.3, -0.25) is 9.88 Å². The molecule has 1 fully saturated rings. The Morgan fingerprint density at radius 2 is 1.81 bits per heavy atom. The van der Waals surface area contributed by atoms with Crippen LogP contribution in [0.25, 0.3) is 5.70 Å². The maximum atomic E-state index is 13.8. The molecule has 1 aromatic rings. The Balaban J connectivity index is 2.06. The first-order valence-electron chi connectivity index (χ1n) is 14.0. The summed E-state index contributed by atoms with van der Waals surface area (Å²) in [5.41, 5.74) is 0.857. The van der Waals surface area contributed by atoms with Crippen LogP contribution >= 0.6 is 0 Å². The van der Waals surface area contributed by atoms with Gasteiger partial charge in [0.25, 0.3) is 0 Å². The first-order valence-corrected chi connectivity index (χ1v) is 16.9. The van der Waals surface area contributed by atoms with E-state index >= 15 is 0 Å². The maximum Gasteiger partial charge on any atom is 0.415 e. The summed E-state index contributed by atoms with van der Waals surface area (Å²) >= 11 is 0. The van der Waals surface area contributed by atoms with Crippen molar-refractivity contribution in [3.8, 4) is 0 Å². The van der Waals surface area contributed by atoms with Crippen LogP contribution in [0.15, 0.2) is 18.5 Å². The van der Waals surface area contributed by atoms with Gasteiger partial charge in [0.15, 0.2) is 8.32 Å². The van der Waals surface area contributed by atoms with E-state index in [2.05, 4.69) is 70.7 Å². The molecule has 0 spiro atoms. The van der Waals surface area contributed by atoms with Crippen molar-refractivity contribution in [2.45, 2.75) is 129 Å². The van der Waals surface area contributed by atoms with E-state index < -0.39 is 13.9 Å². The Labute approximate surface area is 226 Å². The zero-order valence-corrected chi connectivity index (χ0v) is 26.1. The second-order valence-electron chi connectivity index (χ2n) is 13.7. The van der Waals surface area contributed by atoms with Gasteiger partial charge in [-0.1, -0.05) is 40.7 Å². The zero-order valence-electron chi connectivity index (χ0n) is 25.1. The fourth-order valence-corrected chi connectivity index (χ4v) is 6.00. The molecular formula is C29H50N4O3Si. The zero-order chi connectivity index (χ0) is 27.8. The number of amides is 1. The molecule has 1 amide bonds. The highest BCUT2D eigenvalue weighted by Gasteiger charge is 2.45. The first kappa shape index (κ1) is 29.6. The molecule has 2 heterocycles. The molecule has 3 rings (SSSR count). The minimum atomic E-state index is -2.07. The Morgan fingerprint density at radius 1 is 1.16 bits per heavy atom. The van der Waals surface area contributed by atoms with E-state index in [9.17, 15) is 4.79 Å². The van der Waals surface area contributed by atoms with Crippen molar-refractivity contribution < 1.29 is 14.0 Å². The molecule has 0 bridgehead atoms. The molecule has 8 heteroatoms. The van der Waals surface area contributed by atoms with E-state index in [1.165, 1.54) is 19.3 Å². The normalized spacial score (nSPS) is 21.5. The van der Waals surface area contributed by atoms with Crippen molar-refractivity contribution in [3.63, 3.8) is 0 Å². The third-order valence-electron chi connectivity index (χ3n) is 7.99. The Bertz CT molecular complexity index is 976. The van der Waals surface area contributed by atoms with Crippen molar-refractivity contribution in [3.05, 3.63) is 24.2 Å². The van der Waals surface area contributed by atoms with Gasteiger partial charge in [0, 0.05) is 13.1 Å². The topological polar surface area (TPSA) is 67.8 Å². The van der Waals surface area contributed by atoms with Gasteiger partial charge >= 0.3 is 6.09 Å². The van der Waals surface area contributed by atoms with Crippen LogP contribution in [-0.2, 0) is 9.16 Å². The molecule has 1 aliphatic carbocycles. The van der Waals surface area contributed by atoms with Crippen LogP contribution in [0.5, 0.6) is 0 Å². The highest BCUT2D eigenvalue weighted by molar-refractivity contribution is 6.74. The van der Waals surface area contributed by atoms with Crippen LogP contribution in [0.3, 0.4) is 0 Å². The fourth-order valence-electron chi connectivity index (χ4n) is 4.63. The smallest absolute Gasteiger partial charge is 0.415 e. The lowest BCUT2D eigenvalue weighted by molar-refractivity contribution is 0.00744. The van der Waals surface area contributed by atoms with E-state index in [0.717, 1.165) is 24.4 Å². The van der Waals surface area contributed by atoms with E-state index in [1.807, 2.05) is 31.9 Å². The summed E-state index contributed by atoms with van der Waals surface area (Å²) in [5, 5.41) is 0.0715. The van der Waals surface area contributed by atoms with Crippen molar-refractivity contribution in [2.75, 3.05) is 11.9 Å². The number of anilines is 1. The summed E-state index contributed by atoms with van der Waals surface area (Å²) in [6.45, 7) is 21.5. The minimum absolute atomic E-state index is 0.0715. The molecule has 208 valence electrons. The number of hydrogen-bond donors (Lipinski definition) is 0. The summed E-state index contributed by atoms with van der Waals surface area (Å²) in [6, 6.07) is 0.349. The third-order valence-corrected chi connectivity index (χ3v) is 12.5. The number of carbonyl (C=O) groups is 1. The largest absolute Gasteiger partial charge is 0.443 e. The van der Waals surface area contributed by atoms with Gasteiger partial charge < -0.3 is 14.1 Å². The average molecular weight is 531 g/mol. The van der Waals surface area contributed by atoms with Crippen molar-refractivity contribution >= 4 is 25.9 Å². The Morgan fingerprint density at radius 3 is 2.32 bits per heavy atom. The van der Waals surface area contributed by atoms with E-state index in [1.54, 1.807) is 6.20 Å². The molecule has 0 N–H and O–H groups in total. The van der Waals surface area contributed by atoms with Gasteiger partial charge in [-0.2, -0.15) is 0 Å². The molecular weight excluding hydrogens is 480 g/mol. The Hall–Kier alpha value is -1.93. The lowest BCUT2D eigenvalue weighted by Gasteiger charge is -2.47. The molecule has 2 aliphatic rings. The van der Waals surface area contributed by atoms with Crippen LogP contribution in [0.4, 0.5) is 10.6 Å². The van der Waals surface area contributed by atoms with Crippen LogP contribution in [0.2, 0.25) is 18.1 Å². The van der Waals surface area contributed by atoms with Gasteiger partial charge in [-0.15, -0.1) is 0 Å². The van der Waals surface area contributed by atoms with Crippen LogP contribution in [0, 0.1) is 5.92 Å². The molecule has 37 heavy (non-hydrogen) atoms. The number of aromatic nitrogens is 2. The number of nitrogens with zero attached hydrogens (tertiary/aromatic N) is 4. The highest BCUT2D eigenvalue weighted by Crippen LogP contribution is 2.41. The molecule has 7 nitrogen and oxygen atoms in total. The predicted molar refractivity (Wildman–Crippen MR) is 154 cm³/mol. The van der Waals surface area contributed by atoms with Crippen molar-refractivity contribution in [1.82, 2.24) is 14.9 Å². The molecule has 1 aromatic heterocycles. The summed E-state index contributed by atoms with van der Waals surface area (Å²) in [5.74, 6) is 1.22. The van der Waals surface area contributed by atoms with Crippen LogP contribution in [0.1, 0.15) is 93.2 Å². The summed E-state index contributed by atoms with van der Waals surface area (Å²) in [4.78, 5) is 27.4. The minimum Gasteiger partial charge on any atom is -0.443 e. The van der Waals surface area contributed by atoms with Gasteiger partial charge in [0.05, 0.1) is 30.2 Å². The van der Waals surface area contributed by atoms with Gasteiger partial charge in [-0.25, -0.2) is 9.78 Å². The van der Waals surface area contributed by atoms with Gasteiger partial charge in [0.1, 0.15) is 17.1 Å². The molecule has 0 radical (unpaired) electrons. The molecule has 0 unspecified atom stereocenters. The lowest BCUT2D eigenvalue weighted by atomic mass is 9.91.